The SMILES string of the molecule is O=C(C1CC1)N1CCc2sc(S(=O)(=O)NC3CCCC3)cc2C1. The molecule has 23 heavy (non-hydrogen) atoms. The third-order valence-corrected chi connectivity index (χ3v) is 8.26. The van der Waals surface area contributed by atoms with E-state index in [9.17, 15) is 13.2 Å². The summed E-state index contributed by atoms with van der Waals surface area (Å²) in [5.74, 6) is 0.470. The second-order valence-electron chi connectivity index (χ2n) is 6.90. The lowest BCUT2D eigenvalue weighted by molar-refractivity contribution is -0.133. The first-order valence-corrected chi connectivity index (χ1v) is 10.8. The minimum Gasteiger partial charge on any atom is -0.338 e. The van der Waals surface area contributed by atoms with Crippen molar-refractivity contribution in [1.82, 2.24) is 9.62 Å². The van der Waals surface area contributed by atoms with Crippen LogP contribution in [0.15, 0.2) is 10.3 Å². The van der Waals surface area contributed by atoms with Gasteiger partial charge in [0.15, 0.2) is 0 Å². The molecule has 0 spiro atoms. The number of nitrogens with zero attached hydrogens (tertiary/aromatic N) is 1. The van der Waals surface area contributed by atoms with Crippen LogP contribution in [0.4, 0.5) is 0 Å². The van der Waals surface area contributed by atoms with Gasteiger partial charge in [-0.2, -0.15) is 0 Å². The van der Waals surface area contributed by atoms with Crippen molar-refractivity contribution in [2.45, 2.75) is 61.7 Å². The molecule has 7 heteroatoms. The number of carbonyl (C=O) groups is 1. The molecule has 2 aliphatic carbocycles. The van der Waals surface area contributed by atoms with E-state index in [0.29, 0.717) is 10.8 Å². The molecule has 3 aliphatic rings. The van der Waals surface area contributed by atoms with Crippen molar-refractivity contribution in [1.29, 1.82) is 0 Å². The number of hydrogen-bond acceptors (Lipinski definition) is 4. The minimum absolute atomic E-state index is 0.0899. The maximum Gasteiger partial charge on any atom is 0.250 e. The van der Waals surface area contributed by atoms with Gasteiger partial charge >= 0.3 is 0 Å². The van der Waals surface area contributed by atoms with Crippen molar-refractivity contribution in [2.75, 3.05) is 6.54 Å². The number of amides is 1. The van der Waals surface area contributed by atoms with Crippen LogP contribution in [0, 0.1) is 5.92 Å². The van der Waals surface area contributed by atoms with E-state index in [1.54, 1.807) is 6.07 Å². The molecule has 5 nitrogen and oxygen atoms in total. The summed E-state index contributed by atoms with van der Waals surface area (Å²) >= 11 is 1.37. The van der Waals surface area contributed by atoms with Crippen LogP contribution in [0.5, 0.6) is 0 Å². The van der Waals surface area contributed by atoms with E-state index in [0.717, 1.165) is 61.9 Å². The lowest BCUT2D eigenvalue weighted by Crippen LogP contribution is -2.36. The molecule has 126 valence electrons. The number of fused-ring (bicyclic) bond motifs is 1. The highest BCUT2D eigenvalue weighted by molar-refractivity contribution is 7.91. The highest BCUT2D eigenvalue weighted by Crippen LogP contribution is 2.35. The van der Waals surface area contributed by atoms with E-state index in [1.165, 1.54) is 11.3 Å². The molecule has 0 unspecified atom stereocenters. The standard InChI is InChI=1S/C16H22N2O3S2/c19-16(11-5-6-11)18-8-7-14-12(10-18)9-15(22-14)23(20,21)17-13-3-1-2-4-13/h9,11,13,17H,1-8,10H2. The first kappa shape index (κ1) is 15.6. The van der Waals surface area contributed by atoms with Gasteiger partial charge in [0.1, 0.15) is 4.21 Å². The number of rotatable bonds is 4. The average Bonchev–Trinajstić information content (AvgIpc) is 3.07. The van der Waals surface area contributed by atoms with Crippen molar-refractivity contribution >= 4 is 27.3 Å². The number of thiophene rings is 1. The summed E-state index contributed by atoms with van der Waals surface area (Å²) in [6.45, 7) is 1.29. The Kier molecular flexibility index (Phi) is 3.98. The summed E-state index contributed by atoms with van der Waals surface area (Å²) in [6.07, 6.45) is 6.88. The van der Waals surface area contributed by atoms with Gasteiger partial charge in [-0.15, -0.1) is 11.3 Å². The molecule has 1 aromatic rings. The van der Waals surface area contributed by atoms with Crippen LogP contribution in [0.3, 0.4) is 0 Å². The quantitative estimate of drug-likeness (QED) is 0.902. The topological polar surface area (TPSA) is 66.5 Å². The predicted octanol–water partition coefficient (Wildman–Crippen LogP) is 2.26. The molecule has 1 aromatic heterocycles. The molecule has 0 atom stereocenters. The minimum atomic E-state index is -3.41. The van der Waals surface area contributed by atoms with Crippen molar-refractivity contribution in [3.63, 3.8) is 0 Å². The summed E-state index contributed by atoms with van der Waals surface area (Å²) in [5.41, 5.74) is 1.02. The Hall–Kier alpha value is -0.920. The van der Waals surface area contributed by atoms with Crippen LogP contribution in [0.1, 0.15) is 49.0 Å². The van der Waals surface area contributed by atoms with Gasteiger partial charge in [0.25, 0.3) is 0 Å². The molecule has 0 bridgehead atoms. The molecule has 0 saturated heterocycles. The molecule has 0 radical (unpaired) electrons. The van der Waals surface area contributed by atoms with Gasteiger partial charge in [0.2, 0.25) is 15.9 Å². The Bertz CT molecular complexity index is 716. The maximum atomic E-state index is 12.6. The maximum absolute atomic E-state index is 12.6. The second kappa shape index (κ2) is 5.86. The van der Waals surface area contributed by atoms with Crippen LogP contribution < -0.4 is 4.72 Å². The fourth-order valence-electron chi connectivity index (χ4n) is 3.54. The number of carbonyl (C=O) groups excluding carboxylic acids is 1. The average molecular weight is 354 g/mol. The summed E-state index contributed by atoms with van der Waals surface area (Å²) in [7, 11) is -3.41. The Morgan fingerprint density at radius 2 is 1.96 bits per heavy atom. The molecule has 2 fully saturated rings. The Balaban J connectivity index is 1.50. The molecule has 1 N–H and O–H groups in total. The second-order valence-corrected chi connectivity index (χ2v) is 9.98. The zero-order valence-electron chi connectivity index (χ0n) is 13.1. The number of nitrogens with one attached hydrogen (secondary N) is 1. The van der Waals surface area contributed by atoms with Gasteiger partial charge in [-0.3, -0.25) is 4.79 Å². The van der Waals surface area contributed by atoms with Crippen LogP contribution in [0.2, 0.25) is 0 Å². The van der Waals surface area contributed by atoms with E-state index >= 15 is 0 Å². The third kappa shape index (κ3) is 3.19. The molecule has 1 amide bonds. The van der Waals surface area contributed by atoms with Gasteiger partial charge in [-0.1, -0.05) is 12.8 Å². The smallest absolute Gasteiger partial charge is 0.250 e. The van der Waals surface area contributed by atoms with Crippen molar-refractivity contribution in [3.8, 4) is 0 Å². The highest BCUT2D eigenvalue weighted by Gasteiger charge is 2.35. The monoisotopic (exact) mass is 354 g/mol. The summed E-state index contributed by atoms with van der Waals surface area (Å²) in [4.78, 5) is 15.2. The van der Waals surface area contributed by atoms with Crippen LogP contribution in [-0.4, -0.2) is 31.8 Å². The normalized spacial score (nSPS) is 22.3. The van der Waals surface area contributed by atoms with E-state index in [4.69, 9.17) is 0 Å². The molecule has 1 aliphatic heterocycles. The van der Waals surface area contributed by atoms with Crippen molar-refractivity contribution in [3.05, 3.63) is 16.5 Å². The fraction of sp³-hybridized carbons (Fsp3) is 0.688. The fourth-order valence-corrected chi connectivity index (χ4v) is 6.40. The number of sulfonamides is 1. The van der Waals surface area contributed by atoms with Gasteiger partial charge in [-0.05, 0) is 43.7 Å². The zero-order chi connectivity index (χ0) is 16.0. The first-order chi connectivity index (χ1) is 11.0. The molecule has 0 aromatic carbocycles. The summed E-state index contributed by atoms with van der Waals surface area (Å²) < 4.78 is 28.4. The summed E-state index contributed by atoms with van der Waals surface area (Å²) in [6, 6.07) is 1.87. The number of hydrogen-bond donors (Lipinski definition) is 1. The largest absolute Gasteiger partial charge is 0.338 e. The van der Waals surface area contributed by atoms with Crippen LogP contribution >= 0.6 is 11.3 Å². The van der Waals surface area contributed by atoms with Gasteiger partial charge in [0.05, 0.1) is 0 Å². The van der Waals surface area contributed by atoms with E-state index in [2.05, 4.69) is 4.72 Å². The highest BCUT2D eigenvalue weighted by atomic mass is 32.2. The summed E-state index contributed by atoms with van der Waals surface area (Å²) in [5, 5.41) is 0. The van der Waals surface area contributed by atoms with E-state index < -0.39 is 10.0 Å². The molecular formula is C16H22N2O3S2. The van der Waals surface area contributed by atoms with Gasteiger partial charge < -0.3 is 4.90 Å². The van der Waals surface area contributed by atoms with E-state index in [1.807, 2.05) is 4.90 Å². The van der Waals surface area contributed by atoms with Crippen LogP contribution in [-0.2, 0) is 27.8 Å². The molecule has 2 saturated carbocycles. The Morgan fingerprint density at radius 1 is 1.22 bits per heavy atom. The molecule has 4 rings (SSSR count). The third-order valence-electron chi connectivity index (χ3n) is 5.02. The van der Waals surface area contributed by atoms with Gasteiger partial charge in [-0.25, -0.2) is 13.1 Å². The van der Waals surface area contributed by atoms with E-state index in [-0.39, 0.29) is 17.9 Å². The Labute approximate surface area is 141 Å². The lowest BCUT2D eigenvalue weighted by atomic mass is 10.1. The molecule has 2 heterocycles. The lowest BCUT2D eigenvalue weighted by Gasteiger charge is -2.26. The predicted molar refractivity (Wildman–Crippen MR) is 88.7 cm³/mol. The zero-order valence-corrected chi connectivity index (χ0v) is 14.7. The van der Waals surface area contributed by atoms with Crippen molar-refractivity contribution < 1.29 is 13.2 Å². The Morgan fingerprint density at radius 3 is 2.65 bits per heavy atom. The van der Waals surface area contributed by atoms with Gasteiger partial charge in [0, 0.05) is 29.9 Å². The van der Waals surface area contributed by atoms with Crippen molar-refractivity contribution in [2.24, 2.45) is 5.92 Å². The molecular weight excluding hydrogens is 332 g/mol. The van der Waals surface area contributed by atoms with Crippen LogP contribution in [0.25, 0.3) is 0 Å². The first-order valence-electron chi connectivity index (χ1n) is 8.45.